The molecule has 0 aliphatic heterocycles. The Hall–Kier alpha value is -2.39. The minimum Gasteiger partial charge on any atom is -0.378 e. The van der Waals surface area contributed by atoms with Crippen molar-refractivity contribution < 1.29 is 17.7 Å². The molecule has 0 spiro atoms. The lowest BCUT2D eigenvalue weighted by molar-refractivity contribution is 0.0954. The molecule has 2 rings (SSSR count). The molecule has 2 N–H and O–H groups in total. The Morgan fingerprint density at radius 3 is 2.32 bits per heavy atom. The predicted molar refractivity (Wildman–Crippen MR) is 94.3 cm³/mol. The van der Waals surface area contributed by atoms with Crippen LogP contribution in [0, 0.1) is 13.8 Å². The summed E-state index contributed by atoms with van der Waals surface area (Å²) in [5, 5.41) is 6.31. The van der Waals surface area contributed by atoms with E-state index < -0.39 is 10.0 Å². The molecule has 0 fully saturated rings. The summed E-state index contributed by atoms with van der Waals surface area (Å²) in [4.78, 5) is 14.0. The van der Waals surface area contributed by atoms with E-state index in [1.165, 1.54) is 6.92 Å². The average molecular weight is 366 g/mol. The summed E-state index contributed by atoms with van der Waals surface area (Å²) in [6.45, 7) is 3.32. The zero-order valence-electron chi connectivity index (χ0n) is 14.7. The van der Waals surface area contributed by atoms with Gasteiger partial charge in [0.2, 0.25) is 10.0 Å². The molecule has 0 saturated carbocycles. The number of nitrogens with one attached hydrogen (secondary N) is 2. The maximum absolute atomic E-state index is 12.2. The lowest BCUT2D eigenvalue weighted by Gasteiger charge is -2.12. The third-order valence-corrected chi connectivity index (χ3v) is 5.29. The maximum Gasteiger partial charge on any atom is 0.251 e. The quantitative estimate of drug-likeness (QED) is 0.710. The Bertz CT molecular complexity index is 822. The molecule has 0 unspecified atom stereocenters. The molecule has 8 nitrogen and oxygen atoms in total. The van der Waals surface area contributed by atoms with Gasteiger partial charge in [0, 0.05) is 38.4 Å². The van der Waals surface area contributed by atoms with E-state index in [0.717, 1.165) is 5.69 Å². The van der Waals surface area contributed by atoms with Crippen LogP contribution < -0.4 is 14.9 Å². The lowest BCUT2D eigenvalue weighted by atomic mass is 10.2. The van der Waals surface area contributed by atoms with Crippen molar-refractivity contribution in [2.24, 2.45) is 0 Å². The number of anilines is 1. The third kappa shape index (κ3) is 4.58. The number of hydrogen-bond donors (Lipinski definition) is 2. The van der Waals surface area contributed by atoms with Crippen molar-refractivity contribution in [1.29, 1.82) is 0 Å². The second-order valence-electron chi connectivity index (χ2n) is 5.75. The van der Waals surface area contributed by atoms with Crippen LogP contribution in [0.4, 0.5) is 5.69 Å². The summed E-state index contributed by atoms with van der Waals surface area (Å²) in [7, 11) is 0.115. The number of sulfonamides is 1. The fraction of sp³-hybridized carbons (Fsp3) is 0.375. The lowest BCUT2D eigenvalue weighted by Crippen LogP contribution is -2.35. The number of rotatable bonds is 7. The average Bonchev–Trinajstić information content (AvgIpc) is 2.91. The van der Waals surface area contributed by atoms with Crippen LogP contribution in [0.3, 0.4) is 0 Å². The van der Waals surface area contributed by atoms with Gasteiger partial charge in [-0.1, -0.05) is 5.16 Å². The SMILES string of the molecule is Cc1noc(C)c1S(=O)(=O)NCCNC(=O)c1ccc(N(C)C)cc1. The van der Waals surface area contributed by atoms with Gasteiger partial charge in [-0.05, 0) is 38.1 Å². The van der Waals surface area contributed by atoms with E-state index in [1.807, 2.05) is 31.1 Å². The van der Waals surface area contributed by atoms with Gasteiger partial charge >= 0.3 is 0 Å². The second-order valence-corrected chi connectivity index (χ2v) is 7.45. The molecular formula is C16H22N4O4S. The number of carbonyl (C=O) groups is 1. The van der Waals surface area contributed by atoms with Crippen LogP contribution in [0.15, 0.2) is 33.7 Å². The highest BCUT2D eigenvalue weighted by Crippen LogP contribution is 2.18. The molecule has 0 radical (unpaired) electrons. The Balaban J connectivity index is 1.87. The van der Waals surface area contributed by atoms with E-state index in [2.05, 4.69) is 15.2 Å². The first kappa shape index (κ1) is 18.9. The van der Waals surface area contributed by atoms with Crippen LogP contribution in [0.2, 0.25) is 0 Å². The van der Waals surface area contributed by atoms with E-state index >= 15 is 0 Å². The van der Waals surface area contributed by atoms with E-state index in [-0.39, 0.29) is 29.7 Å². The van der Waals surface area contributed by atoms with Crippen LogP contribution >= 0.6 is 0 Å². The number of aromatic nitrogens is 1. The van der Waals surface area contributed by atoms with Crippen molar-refractivity contribution in [3.05, 3.63) is 41.3 Å². The highest BCUT2D eigenvalue weighted by Gasteiger charge is 2.23. The zero-order chi connectivity index (χ0) is 18.6. The molecule has 0 bridgehead atoms. The molecule has 1 heterocycles. The van der Waals surface area contributed by atoms with Crippen LogP contribution in [0.25, 0.3) is 0 Å². The van der Waals surface area contributed by atoms with Crippen molar-refractivity contribution >= 4 is 21.6 Å². The predicted octanol–water partition coefficient (Wildman–Crippen LogP) is 1.07. The number of carbonyl (C=O) groups excluding carboxylic acids is 1. The molecule has 0 atom stereocenters. The normalized spacial score (nSPS) is 11.4. The number of nitrogens with zero attached hydrogens (tertiary/aromatic N) is 2. The van der Waals surface area contributed by atoms with Crippen LogP contribution in [-0.4, -0.2) is 46.7 Å². The Morgan fingerprint density at radius 1 is 1.16 bits per heavy atom. The molecule has 25 heavy (non-hydrogen) atoms. The summed E-state index contributed by atoms with van der Waals surface area (Å²) in [6, 6.07) is 7.13. The van der Waals surface area contributed by atoms with Gasteiger partial charge in [0.25, 0.3) is 5.91 Å². The molecule has 1 aromatic carbocycles. The van der Waals surface area contributed by atoms with Gasteiger partial charge in [-0.15, -0.1) is 0 Å². The molecule has 0 aliphatic rings. The molecule has 0 aliphatic carbocycles. The molecular weight excluding hydrogens is 344 g/mol. The summed E-state index contributed by atoms with van der Waals surface area (Å²) >= 11 is 0. The Morgan fingerprint density at radius 2 is 1.80 bits per heavy atom. The topological polar surface area (TPSA) is 105 Å². The van der Waals surface area contributed by atoms with Gasteiger partial charge in [0.05, 0.1) is 0 Å². The zero-order valence-corrected chi connectivity index (χ0v) is 15.5. The number of benzene rings is 1. The molecule has 2 aromatic rings. The monoisotopic (exact) mass is 366 g/mol. The van der Waals surface area contributed by atoms with E-state index in [1.54, 1.807) is 19.1 Å². The van der Waals surface area contributed by atoms with Gasteiger partial charge in [-0.2, -0.15) is 0 Å². The largest absolute Gasteiger partial charge is 0.378 e. The van der Waals surface area contributed by atoms with E-state index in [4.69, 9.17) is 4.52 Å². The minimum atomic E-state index is -3.72. The maximum atomic E-state index is 12.2. The first-order chi connectivity index (χ1) is 11.7. The highest BCUT2D eigenvalue weighted by molar-refractivity contribution is 7.89. The van der Waals surface area contributed by atoms with Gasteiger partial charge in [0.1, 0.15) is 10.6 Å². The Kier molecular flexibility index (Phi) is 5.81. The van der Waals surface area contributed by atoms with E-state index in [0.29, 0.717) is 11.3 Å². The van der Waals surface area contributed by atoms with Crippen molar-refractivity contribution in [3.63, 3.8) is 0 Å². The van der Waals surface area contributed by atoms with E-state index in [9.17, 15) is 13.2 Å². The van der Waals surface area contributed by atoms with Crippen molar-refractivity contribution in [3.8, 4) is 0 Å². The number of hydrogen-bond acceptors (Lipinski definition) is 6. The van der Waals surface area contributed by atoms with Gasteiger partial charge in [-0.25, -0.2) is 13.1 Å². The van der Waals surface area contributed by atoms with Crippen LogP contribution in [-0.2, 0) is 10.0 Å². The summed E-state index contributed by atoms with van der Waals surface area (Å²) < 4.78 is 31.7. The molecule has 0 saturated heterocycles. The number of aryl methyl sites for hydroxylation is 2. The minimum absolute atomic E-state index is 0.0399. The van der Waals surface area contributed by atoms with Gasteiger partial charge < -0.3 is 14.7 Å². The fourth-order valence-corrected chi connectivity index (χ4v) is 3.66. The van der Waals surface area contributed by atoms with Crippen LogP contribution in [0.5, 0.6) is 0 Å². The summed E-state index contributed by atoms with van der Waals surface area (Å²) in [5.74, 6) is -0.0307. The smallest absolute Gasteiger partial charge is 0.251 e. The third-order valence-electron chi connectivity index (χ3n) is 3.59. The number of amides is 1. The van der Waals surface area contributed by atoms with Crippen molar-refractivity contribution in [2.75, 3.05) is 32.1 Å². The first-order valence-corrected chi connectivity index (χ1v) is 9.19. The molecule has 9 heteroatoms. The van der Waals surface area contributed by atoms with Crippen LogP contribution in [0.1, 0.15) is 21.8 Å². The Labute approximate surface area is 147 Å². The van der Waals surface area contributed by atoms with Crippen molar-refractivity contribution in [1.82, 2.24) is 15.2 Å². The fourth-order valence-electron chi connectivity index (χ4n) is 2.30. The van der Waals surface area contributed by atoms with Crippen molar-refractivity contribution in [2.45, 2.75) is 18.7 Å². The molecule has 136 valence electrons. The standard InChI is InChI=1S/C16H22N4O4S/c1-11-15(12(2)24-19-11)25(22,23)18-10-9-17-16(21)13-5-7-14(8-6-13)20(3)4/h5-8,18H,9-10H2,1-4H3,(H,17,21). The van der Waals surface area contributed by atoms with Gasteiger partial charge in [0.15, 0.2) is 5.76 Å². The highest BCUT2D eigenvalue weighted by atomic mass is 32.2. The summed E-state index contributed by atoms with van der Waals surface area (Å²) in [6.07, 6.45) is 0. The first-order valence-electron chi connectivity index (χ1n) is 7.70. The summed E-state index contributed by atoms with van der Waals surface area (Å²) in [5.41, 5.74) is 1.80. The second kappa shape index (κ2) is 7.66. The molecule has 1 amide bonds. The van der Waals surface area contributed by atoms with Gasteiger partial charge in [-0.3, -0.25) is 4.79 Å². The molecule has 1 aromatic heterocycles.